The van der Waals surface area contributed by atoms with Crippen molar-refractivity contribution in [3.63, 3.8) is 0 Å². The van der Waals surface area contributed by atoms with Crippen molar-refractivity contribution in [3.05, 3.63) is 72.6 Å². The molecule has 0 radical (unpaired) electrons. The van der Waals surface area contributed by atoms with Crippen LogP contribution in [0.25, 0.3) is 0 Å². The number of aromatic hydroxyl groups is 1. The van der Waals surface area contributed by atoms with Gasteiger partial charge in [0.2, 0.25) is 16.0 Å². The molecule has 3 rings (SSSR count). The number of hydrogen-bond acceptors (Lipinski definition) is 10. The molecule has 3 aromatic rings. The van der Waals surface area contributed by atoms with Gasteiger partial charge in [-0.3, -0.25) is 9.59 Å². The topological polar surface area (TPSA) is 169 Å². The fourth-order valence-electron chi connectivity index (χ4n) is 3.08. The summed E-state index contributed by atoms with van der Waals surface area (Å²) in [4.78, 5) is 33.0. The highest BCUT2D eigenvalue weighted by molar-refractivity contribution is 7.89. The number of carbonyl (C=O) groups is 2. The maximum atomic E-state index is 12.6. The van der Waals surface area contributed by atoms with Crippen molar-refractivity contribution in [3.8, 4) is 11.5 Å². The monoisotopic (exact) mass is 529 g/mol. The van der Waals surface area contributed by atoms with Crippen LogP contribution in [0.5, 0.6) is 11.5 Å². The van der Waals surface area contributed by atoms with E-state index < -0.39 is 34.5 Å². The first-order valence-corrected chi connectivity index (χ1v) is 12.8. The third kappa shape index (κ3) is 8.15. The minimum atomic E-state index is -4.06. The van der Waals surface area contributed by atoms with Crippen molar-refractivity contribution in [2.75, 3.05) is 31.6 Å². The number of esters is 1. The highest BCUT2D eigenvalue weighted by Crippen LogP contribution is 2.23. The molecule has 0 fully saturated rings. The van der Waals surface area contributed by atoms with Crippen LogP contribution in [0, 0.1) is 0 Å². The van der Waals surface area contributed by atoms with Gasteiger partial charge in [0, 0.05) is 25.0 Å². The largest absolute Gasteiger partial charge is 0.507 e. The van der Waals surface area contributed by atoms with Gasteiger partial charge < -0.3 is 25.2 Å². The van der Waals surface area contributed by atoms with Gasteiger partial charge in [-0.25, -0.2) is 18.4 Å². The first kappa shape index (κ1) is 27.4. The fourth-order valence-corrected chi connectivity index (χ4v) is 4.28. The van der Waals surface area contributed by atoms with Gasteiger partial charge in [0.15, 0.2) is 0 Å². The van der Waals surface area contributed by atoms with Gasteiger partial charge in [-0.05, 0) is 37.3 Å². The smallest absolute Gasteiger partial charge is 0.326 e. The van der Waals surface area contributed by atoms with E-state index in [-0.39, 0.29) is 29.4 Å². The average molecular weight is 530 g/mol. The van der Waals surface area contributed by atoms with E-state index in [4.69, 9.17) is 9.47 Å². The number of sulfonamides is 1. The molecule has 0 spiro atoms. The lowest BCUT2D eigenvalue weighted by atomic mass is 10.1. The Labute approximate surface area is 214 Å². The number of ether oxygens (including phenoxy) is 2. The van der Waals surface area contributed by atoms with Crippen LogP contribution in [-0.2, 0) is 19.6 Å². The van der Waals surface area contributed by atoms with Crippen LogP contribution in [0.15, 0.2) is 71.9 Å². The molecule has 12 nitrogen and oxygen atoms in total. The molecule has 13 heteroatoms. The zero-order valence-corrected chi connectivity index (χ0v) is 20.8. The second-order valence-electron chi connectivity index (χ2n) is 7.48. The molecule has 1 aromatic heterocycles. The number of phenolic OH excluding ortho intramolecular Hbond substituents is 1. The molecule has 1 heterocycles. The lowest BCUT2D eigenvalue weighted by Crippen LogP contribution is -2.49. The van der Waals surface area contributed by atoms with Crippen molar-refractivity contribution in [2.24, 2.45) is 0 Å². The summed E-state index contributed by atoms with van der Waals surface area (Å²) in [5.41, 5.74) is -0.0864. The van der Waals surface area contributed by atoms with E-state index >= 15 is 0 Å². The van der Waals surface area contributed by atoms with E-state index in [0.29, 0.717) is 18.2 Å². The van der Waals surface area contributed by atoms with Gasteiger partial charge in [-0.15, -0.1) is 0 Å². The van der Waals surface area contributed by atoms with Gasteiger partial charge in [-0.1, -0.05) is 18.2 Å². The first-order chi connectivity index (χ1) is 17.8. The van der Waals surface area contributed by atoms with Crippen LogP contribution >= 0.6 is 0 Å². The highest BCUT2D eigenvalue weighted by Gasteiger charge is 2.27. The fraction of sp³-hybridized carbons (Fsp3) is 0.250. The molecule has 0 saturated carbocycles. The average Bonchev–Trinajstić information content (AvgIpc) is 2.90. The quantitative estimate of drug-likeness (QED) is 0.187. The maximum absolute atomic E-state index is 12.6. The Balaban J connectivity index is 1.58. The minimum Gasteiger partial charge on any atom is -0.507 e. The number of amides is 1. The number of aromatic nitrogens is 2. The van der Waals surface area contributed by atoms with Crippen LogP contribution in [0.3, 0.4) is 0 Å². The summed E-state index contributed by atoms with van der Waals surface area (Å²) in [6, 6.07) is 11.9. The molecule has 1 atom stereocenters. The van der Waals surface area contributed by atoms with Crippen molar-refractivity contribution < 1.29 is 32.6 Å². The molecule has 2 aromatic carbocycles. The van der Waals surface area contributed by atoms with Crippen molar-refractivity contribution >= 4 is 27.8 Å². The molecule has 4 N–H and O–H groups in total. The van der Waals surface area contributed by atoms with E-state index in [1.165, 1.54) is 30.3 Å². The van der Waals surface area contributed by atoms with E-state index in [2.05, 4.69) is 25.3 Å². The zero-order valence-electron chi connectivity index (χ0n) is 20.0. The highest BCUT2D eigenvalue weighted by atomic mass is 32.2. The Morgan fingerprint density at radius 2 is 1.78 bits per heavy atom. The molecule has 0 unspecified atom stereocenters. The van der Waals surface area contributed by atoms with Gasteiger partial charge in [-0.2, -0.15) is 4.72 Å². The van der Waals surface area contributed by atoms with E-state index in [0.717, 1.165) is 0 Å². The number of benzene rings is 2. The number of nitrogens with zero attached hydrogens (tertiary/aromatic N) is 2. The van der Waals surface area contributed by atoms with Gasteiger partial charge >= 0.3 is 5.97 Å². The number of anilines is 1. The van der Waals surface area contributed by atoms with Crippen molar-refractivity contribution in [1.82, 2.24) is 20.0 Å². The Kier molecular flexibility index (Phi) is 9.75. The zero-order chi connectivity index (χ0) is 26.7. The van der Waals surface area contributed by atoms with E-state index in [9.17, 15) is 23.1 Å². The van der Waals surface area contributed by atoms with Gasteiger partial charge in [0.25, 0.3) is 5.91 Å². The van der Waals surface area contributed by atoms with E-state index in [1.54, 1.807) is 43.6 Å². The predicted molar refractivity (Wildman–Crippen MR) is 134 cm³/mol. The second kappa shape index (κ2) is 13.2. The van der Waals surface area contributed by atoms with Crippen LogP contribution < -0.4 is 20.1 Å². The molecular weight excluding hydrogens is 502 g/mol. The van der Waals surface area contributed by atoms with Gasteiger partial charge in [0.1, 0.15) is 24.1 Å². The lowest BCUT2D eigenvalue weighted by Gasteiger charge is -2.18. The van der Waals surface area contributed by atoms with Crippen LogP contribution in [-0.4, -0.2) is 67.7 Å². The maximum Gasteiger partial charge on any atom is 0.326 e. The SMILES string of the molecule is CCOC(=O)[C@H](CNC(=O)c1ccc(OCCNc2ncccn2)cc1O)NS(=O)(=O)c1ccccc1. The molecule has 1 amide bonds. The summed E-state index contributed by atoms with van der Waals surface area (Å²) in [5.74, 6) is -1.16. The summed E-state index contributed by atoms with van der Waals surface area (Å²) in [5, 5.41) is 15.7. The molecule has 37 heavy (non-hydrogen) atoms. The standard InChI is InChI=1S/C24H27N5O7S/c1-2-35-23(32)20(29-37(33,34)18-7-4-3-5-8-18)16-28-22(31)19-10-9-17(15-21(19)30)36-14-13-27-24-25-11-6-12-26-24/h3-12,15,20,29-30H,2,13-14,16H2,1H3,(H,28,31)(H,25,26,27)/t20-/m0/s1. The van der Waals surface area contributed by atoms with Crippen LogP contribution in [0.2, 0.25) is 0 Å². The minimum absolute atomic E-state index is 0.0203. The number of phenols is 1. The summed E-state index contributed by atoms with van der Waals surface area (Å²) in [6.45, 7) is 1.83. The number of rotatable bonds is 13. The number of hydrogen-bond donors (Lipinski definition) is 4. The van der Waals surface area contributed by atoms with Crippen LogP contribution in [0.4, 0.5) is 5.95 Å². The Bertz CT molecular complexity index is 1290. The summed E-state index contributed by atoms with van der Waals surface area (Å²) >= 11 is 0. The predicted octanol–water partition coefficient (Wildman–Crippen LogP) is 1.31. The molecule has 0 bridgehead atoms. The Morgan fingerprint density at radius 3 is 2.46 bits per heavy atom. The van der Waals surface area contributed by atoms with Crippen LogP contribution in [0.1, 0.15) is 17.3 Å². The first-order valence-electron chi connectivity index (χ1n) is 11.3. The van der Waals surface area contributed by atoms with Crippen molar-refractivity contribution in [2.45, 2.75) is 17.9 Å². The Hall–Kier alpha value is -4.23. The normalized spacial score (nSPS) is 11.8. The van der Waals surface area contributed by atoms with E-state index in [1.807, 2.05) is 0 Å². The molecular formula is C24H27N5O7S. The third-order valence-electron chi connectivity index (χ3n) is 4.82. The number of carbonyl (C=O) groups excluding carboxylic acids is 2. The third-order valence-corrected chi connectivity index (χ3v) is 6.31. The molecule has 0 aliphatic heterocycles. The summed E-state index contributed by atoms with van der Waals surface area (Å²) in [7, 11) is -4.06. The summed E-state index contributed by atoms with van der Waals surface area (Å²) < 4.78 is 38.0. The molecule has 0 aliphatic carbocycles. The lowest BCUT2D eigenvalue weighted by molar-refractivity contribution is -0.144. The molecule has 0 aliphatic rings. The number of nitrogens with one attached hydrogen (secondary N) is 3. The molecule has 196 valence electrons. The van der Waals surface area contributed by atoms with Gasteiger partial charge in [0.05, 0.1) is 23.6 Å². The van der Waals surface area contributed by atoms with Crippen molar-refractivity contribution in [1.29, 1.82) is 0 Å². The Morgan fingerprint density at radius 1 is 1.05 bits per heavy atom. The second-order valence-corrected chi connectivity index (χ2v) is 9.19. The molecule has 0 saturated heterocycles. The summed E-state index contributed by atoms with van der Waals surface area (Å²) in [6.07, 6.45) is 3.20.